The minimum atomic E-state index is -0.394. The largest absolute Gasteiger partial charge is 0.465 e. The fourth-order valence-electron chi connectivity index (χ4n) is 1.52. The molecule has 5 heteroatoms. The molecule has 0 aromatic heterocycles. The van der Waals surface area contributed by atoms with Gasteiger partial charge in [0, 0.05) is 30.1 Å². The highest BCUT2D eigenvalue weighted by atomic mass is 32.2. The predicted octanol–water partition coefficient (Wildman–Crippen LogP) is 2.49. The summed E-state index contributed by atoms with van der Waals surface area (Å²) in [5.41, 5.74) is 7.70. The molecule has 0 aliphatic heterocycles. The van der Waals surface area contributed by atoms with E-state index in [1.165, 1.54) is 7.11 Å². The first kappa shape index (κ1) is 14.9. The zero-order chi connectivity index (χ0) is 13.5. The van der Waals surface area contributed by atoms with Gasteiger partial charge in [0.25, 0.3) is 0 Å². The quantitative estimate of drug-likeness (QED) is 0.372. The van der Waals surface area contributed by atoms with E-state index in [0.717, 1.165) is 29.2 Å². The molecule has 1 aromatic rings. The summed E-state index contributed by atoms with van der Waals surface area (Å²) in [6.45, 7) is 2.63. The monoisotopic (exact) mass is 269 g/mol. The van der Waals surface area contributed by atoms with Crippen molar-refractivity contribution in [1.29, 1.82) is 0 Å². The lowest BCUT2D eigenvalue weighted by molar-refractivity contribution is 0.0601. The van der Waals surface area contributed by atoms with Crippen molar-refractivity contribution in [3.05, 3.63) is 23.3 Å². The lowest BCUT2D eigenvalue weighted by Crippen LogP contribution is -2.07. The molecule has 0 heterocycles. The molecule has 4 nitrogen and oxygen atoms in total. The fraction of sp³-hybridized carbons (Fsp3) is 0.462. The predicted molar refractivity (Wildman–Crippen MR) is 74.1 cm³/mol. The van der Waals surface area contributed by atoms with Crippen LogP contribution in [0.15, 0.2) is 17.0 Å². The van der Waals surface area contributed by atoms with Gasteiger partial charge >= 0.3 is 5.97 Å². The second kappa shape index (κ2) is 7.28. The molecule has 0 radical (unpaired) electrons. The van der Waals surface area contributed by atoms with Gasteiger partial charge in [0.15, 0.2) is 0 Å². The zero-order valence-electron chi connectivity index (χ0n) is 11.0. The number of aryl methyl sites for hydroxylation is 1. The molecule has 0 fully saturated rings. The molecule has 1 aromatic carbocycles. The number of anilines is 1. The molecule has 0 saturated heterocycles. The van der Waals surface area contributed by atoms with Gasteiger partial charge in [-0.3, -0.25) is 0 Å². The summed E-state index contributed by atoms with van der Waals surface area (Å²) in [5, 5.41) is 0. The number of ether oxygens (including phenoxy) is 2. The number of carbonyl (C=O) groups is 1. The molecule has 0 bridgehead atoms. The Morgan fingerprint density at radius 3 is 2.72 bits per heavy atom. The van der Waals surface area contributed by atoms with Gasteiger partial charge in [-0.05, 0) is 31.0 Å². The van der Waals surface area contributed by atoms with Gasteiger partial charge in [0.1, 0.15) is 0 Å². The van der Waals surface area contributed by atoms with Gasteiger partial charge in [0.2, 0.25) is 0 Å². The summed E-state index contributed by atoms with van der Waals surface area (Å²) in [7, 11) is 3.04. The highest BCUT2D eigenvalue weighted by molar-refractivity contribution is 7.99. The Morgan fingerprint density at radius 2 is 2.11 bits per heavy atom. The van der Waals surface area contributed by atoms with Gasteiger partial charge in [-0.15, -0.1) is 11.8 Å². The normalized spacial score (nSPS) is 10.4. The van der Waals surface area contributed by atoms with E-state index in [4.69, 9.17) is 15.2 Å². The van der Waals surface area contributed by atoms with E-state index >= 15 is 0 Å². The van der Waals surface area contributed by atoms with E-state index in [1.807, 2.05) is 13.0 Å². The topological polar surface area (TPSA) is 61.5 Å². The molecule has 0 saturated carbocycles. The van der Waals surface area contributed by atoms with Crippen LogP contribution in [0.25, 0.3) is 0 Å². The Hall–Kier alpha value is -1.20. The van der Waals surface area contributed by atoms with Crippen molar-refractivity contribution >= 4 is 23.4 Å². The number of hydrogen-bond donors (Lipinski definition) is 1. The van der Waals surface area contributed by atoms with E-state index in [0.29, 0.717) is 11.3 Å². The average Bonchev–Trinajstić information content (AvgIpc) is 2.37. The van der Waals surface area contributed by atoms with E-state index in [9.17, 15) is 4.79 Å². The molecule has 1 rings (SSSR count). The molecule has 0 spiro atoms. The van der Waals surface area contributed by atoms with Gasteiger partial charge in [-0.1, -0.05) is 0 Å². The number of rotatable bonds is 6. The number of thioether (sulfide) groups is 1. The number of hydrogen-bond acceptors (Lipinski definition) is 5. The van der Waals surface area contributed by atoms with Gasteiger partial charge in [0.05, 0.1) is 12.7 Å². The van der Waals surface area contributed by atoms with Crippen LogP contribution in [-0.4, -0.2) is 32.5 Å². The molecule has 0 amide bonds. The third-order valence-corrected chi connectivity index (χ3v) is 3.59. The van der Waals surface area contributed by atoms with Crippen LogP contribution in [0, 0.1) is 6.92 Å². The molecule has 2 N–H and O–H groups in total. The van der Waals surface area contributed by atoms with Crippen LogP contribution >= 0.6 is 11.8 Å². The van der Waals surface area contributed by atoms with Crippen LogP contribution in [-0.2, 0) is 9.47 Å². The van der Waals surface area contributed by atoms with Crippen molar-refractivity contribution in [2.24, 2.45) is 0 Å². The van der Waals surface area contributed by atoms with Crippen molar-refractivity contribution in [3.63, 3.8) is 0 Å². The Kier molecular flexibility index (Phi) is 6.01. The van der Waals surface area contributed by atoms with Crippen LogP contribution in [0.4, 0.5) is 5.69 Å². The Morgan fingerprint density at radius 1 is 1.39 bits per heavy atom. The lowest BCUT2D eigenvalue weighted by atomic mass is 10.1. The van der Waals surface area contributed by atoms with Gasteiger partial charge in [-0.25, -0.2) is 4.79 Å². The minimum absolute atomic E-state index is 0.394. The van der Waals surface area contributed by atoms with Crippen LogP contribution in [0.5, 0.6) is 0 Å². The maximum Gasteiger partial charge on any atom is 0.340 e. The van der Waals surface area contributed by atoms with Gasteiger partial charge < -0.3 is 15.2 Å². The Labute approximate surface area is 112 Å². The number of methoxy groups -OCH3 is 2. The Bertz CT molecular complexity index is 421. The van der Waals surface area contributed by atoms with Crippen LogP contribution in [0.3, 0.4) is 0 Å². The summed E-state index contributed by atoms with van der Waals surface area (Å²) < 4.78 is 9.72. The van der Waals surface area contributed by atoms with Crippen molar-refractivity contribution in [2.75, 3.05) is 32.3 Å². The molecular weight excluding hydrogens is 250 g/mol. The number of benzene rings is 1. The highest BCUT2D eigenvalue weighted by Crippen LogP contribution is 2.27. The van der Waals surface area contributed by atoms with E-state index in [1.54, 1.807) is 24.9 Å². The van der Waals surface area contributed by atoms with Crippen LogP contribution in [0.2, 0.25) is 0 Å². The van der Waals surface area contributed by atoms with Crippen LogP contribution in [0.1, 0.15) is 22.3 Å². The maximum absolute atomic E-state index is 11.6. The lowest BCUT2D eigenvalue weighted by Gasteiger charge is -2.10. The average molecular weight is 269 g/mol. The van der Waals surface area contributed by atoms with Crippen molar-refractivity contribution in [1.82, 2.24) is 0 Å². The summed E-state index contributed by atoms with van der Waals surface area (Å²) >= 11 is 1.68. The summed E-state index contributed by atoms with van der Waals surface area (Å²) in [4.78, 5) is 12.6. The second-order valence-corrected chi connectivity index (χ2v) is 5.06. The number of esters is 1. The molecule has 0 atom stereocenters. The zero-order valence-corrected chi connectivity index (χ0v) is 11.8. The van der Waals surface area contributed by atoms with Crippen LogP contribution < -0.4 is 5.73 Å². The third-order valence-electron chi connectivity index (χ3n) is 2.53. The van der Waals surface area contributed by atoms with E-state index < -0.39 is 5.97 Å². The summed E-state index contributed by atoms with van der Waals surface area (Å²) in [5.74, 6) is 0.549. The van der Waals surface area contributed by atoms with Crippen molar-refractivity contribution in [3.8, 4) is 0 Å². The smallest absolute Gasteiger partial charge is 0.340 e. The van der Waals surface area contributed by atoms with Crippen molar-refractivity contribution < 1.29 is 14.3 Å². The van der Waals surface area contributed by atoms with Crippen molar-refractivity contribution in [2.45, 2.75) is 18.2 Å². The minimum Gasteiger partial charge on any atom is -0.465 e. The summed E-state index contributed by atoms with van der Waals surface area (Å²) in [6.07, 6.45) is 0.970. The standard InChI is InChI=1S/C13H19NO3S/c1-9-7-10(18-6-4-5-16-2)8-11(12(9)14)13(15)17-3/h7-8H,4-6,14H2,1-3H3. The first-order valence-corrected chi connectivity index (χ1v) is 6.69. The van der Waals surface area contributed by atoms with E-state index in [2.05, 4.69) is 0 Å². The molecule has 0 aliphatic carbocycles. The number of nitrogens with two attached hydrogens (primary N) is 1. The molecular formula is C13H19NO3S. The second-order valence-electron chi connectivity index (χ2n) is 3.89. The SMILES string of the molecule is COCCCSc1cc(C)c(N)c(C(=O)OC)c1. The molecule has 0 unspecified atom stereocenters. The molecule has 18 heavy (non-hydrogen) atoms. The highest BCUT2D eigenvalue weighted by Gasteiger charge is 2.13. The maximum atomic E-state index is 11.6. The Balaban J connectivity index is 2.81. The number of carbonyl (C=O) groups excluding carboxylic acids is 1. The molecule has 0 aliphatic rings. The first-order valence-electron chi connectivity index (χ1n) is 5.70. The van der Waals surface area contributed by atoms with E-state index in [-0.39, 0.29) is 0 Å². The first-order chi connectivity index (χ1) is 8.60. The summed E-state index contributed by atoms with van der Waals surface area (Å²) in [6, 6.07) is 3.77. The molecule has 100 valence electrons. The van der Waals surface area contributed by atoms with Gasteiger partial charge in [-0.2, -0.15) is 0 Å². The number of nitrogen functional groups attached to an aromatic ring is 1. The third kappa shape index (κ3) is 3.92. The fourth-order valence-corrected chi connectivity index (χ4v) is 2.48.